The Hall–Kier alpha value is -3.31. The van der Waals surface area contributed by atoms with Crippen molar-refractivity contribution in [1.29, 1.82) is 0 Å². The zero-order valence-electron chi connectivity index (χ0n) is 16.2. The van der Waals surface area contributed by atoms with E-state index in [-0.39, 0.29) is 5.78 Å². The van der Waals surface area contributed by atoms with Gasteiger partial charge in [-0.15, -0.1) is 11.8 Å². The molecule has 1 heterocycles. The number of rotatable bonds is 6. The second-order valence-electron chi connectivity index (χ2n) is 6.39. The third kappa shape index (κ3) is 3.69. The molecule has 29 heavy (non-hydrogen) atoms. The SMILES string of the molecule is COc1ccc(C(=O)c2c(SC)nc(-c3ccccc3)n2-c2ccccc2)cc1. The molecule has 0 aliphatic heterocycles. The fourth-order valence-electron chi connectivity index (χ4n) is 3.23. The highest BCUT2D eigenvalue weighted by Crippen LogP contribution is 2.32. The van der Waals surface area contributed by atoms with Crippen molar-refractivity contribution in [2.24, 2.45) is 0 Å². The van der Waals surface area contributed by atoms with Crippen LogP contribution in [0.2, 0.25) is 0 Å². The Kier molecular flexibility index (Phi) is 5.49. The molecule has 0 bridgehead atoms. The second kappa shape index (κ2) is 8.37. The molecule has 0 saturated heterocycles. The number of hydrogen-bond acceptors (Lipinski definition) is 4. The van der Waals surface area contributed by atoms with Crippen LogP contribution in [0.3, 0.4) is 0 Å². The average molecular weight is 401 g/mol. The van der Waals surface area contributed by atoms with Gasteiger partial charge in [0, 0.05) is 16.8 Å². The Morgan fingerprint density at radius 1 is 0.897 bits per heavy atom. The van der Waals surface area contributed by atoms with Crippen LogP contribution < -0.4 is 4.74 Å². The molecule has 4 nitrogen and oxygen atoms in total. The van der Waals surface area contributed by atoms with Gasteiger partial charge < -0.3 is 4.74 Å². The first kappa shape index (κ1) is 19.0. The van der Waals surface area contributed by atoms with Crippen molar-refractivity contribution in [3.8, 4) is 22.8 Å². The Labute approximate surface area is 174 Å². The molecule has 0 amide bonds. The van der Waals surface area contributed by atoms with Gasteiger partial charge in [-0.1, -0.05) is 48.5 Å². The molecule has 0 saturated carbocycles. The summed E-state index contributed by atoms with van der Waals surface area (Å²) in [5, 5.41) is 0.702. The lowest BCUT2D eigenvalue weighted by molar-refractivity contribution is 0.102. The number of hydrogen-bond donors (Lipinski definition) is 0. The maximum Gasteiger partial charge on any atom is 0.212 e. The van der Waals surface area contributed by atoms with Crippen LogP contribution in [0, 0.1) is 0 Å². The molecule has 4 aromatic rings. The number of nitrogens with zero attached hydrogens (tertiary/aromatic N) is 2. The standard InChI is InChI=1S/C24H20N2O2S/c1-28-20-15-13-17(14-16-20)22(27)21-24(29-2)25-23(18-9-5-3-6-10-18)26(21)19-11-7-4-8-12-19/h3-16H,1-2H3. The van der Waals surface area contributed by atoms with Gasteiger partial charge in [-0.05, 0) is 42.7 Å². The molecule has 0 aliphatic rings. The summed E-state index contributed by atoms with van der Waals surface area (Å²) < 4.78 is 7.17. The number of aromatic nitrogens is 2. The molecule has 0 fully saturated rings. The summed E-state index contributed by atoms with van der Waals surface area (Å²) in [6.07, 6.45) is 1.94. The predicted molar refractivity (Wildman–Crippen MR) is 117 cm³/mol. The number of benzene rings is 3. The molecule has 5 heteroatoms. The smallest absolute Gasteiger partial charge is 0.212 e. The quantitative estimate of drug-likeness (QED) is 0.317. The monoisotopic (exact) mass is 400 g/mol. The van der Waals surface area contributed by atoms with Crippen molar-refractivity contribution in [2.75, 3.05) is 13.4 Å². The van der Waals surface area contributed by atoms with E-state index in [1.54, 1.807) is 31.4 Å². The predicted octanol–water partition coefficient (Wildman–Crippen LogP) is 5.50. The highest BCUT2D eigenvalue weighted by atomic mass is 32.2. The summed E-state index contributed by atoms with van der Waals surface area (Å²) >= 11 is 1.47. The highest BCUT2D eigenvalue weighted by Gasteiger charge is 2.25. The summed E-state index contributed by atoms with van der Waals surface area (Å²) in [5.74, 6) is 1.39. The maximum absolute atomic E-state index is 13.5. The first-order valence-corrected chi connectivity index (χ1v) is 10.4. The Balaban J connectivity index is 1.94. The minimum absolute atomic E-state index is 0.0736. The Morgan fingerprint density at radius 2 is 1.52 bits per heavy atom. The van der Waals surface area contributed by atoms with Gasteiger partial charge in [0.25, 0.3) is 0 Å². The van der Waals surface area contributed by atoms with Crippen LogP contribution in [0.1, 0.15) is 16.1 Å². The minimum atomic E-state index is -0.0736. The lowest BCUT2D eigenvalue weighted by Crippen LogP contribution is -2.11. The molecule has 0 radical (unpaired) electrons. The van der Waals surface area contributed by atoms with Crippen LogP contribution in [-0.2, 0) is 0 Å². The fraction of sp³-hybridized carbons (Fsp3) is 0.0833. The van der Waals surface area contributed by atoms with Gasteiger partial charge in [0.15, 0.2) is 0 Å². The summed E-state index contributed by atoms with van der Waals surface area (Å²) in [4.78, 5) is 18.4. The zero-order valence-corrected chi connectivity index (χ0v) is 17.0. The van der Waals surface area contributed by atoms with E-state index in [1.807, 2.05) is 71.5 Å². The zero-order chi connectivity index (χ0) is 20.2. The van der Waals surface area contributed by atoms with Gasteiger partial charge in [0.2, 0.25) is 5.78 Å². The van der Waals surface area contributed by atoms with E-state index in [2.05, 4.69) is 0 Å². The molecule has 0 unspecified atom stereocenters. The lowest BCUT2D eigenvalue weighted by Gasteiger charge is -2.12. The first-order valence-electron chi connectivity index (χ1n) is 9.19. The van der Waals surface area contributed by atoms with Gasteiger partial charge >= 0.3 is 0 Å². The third-order valence-corrected chi connectivity index (χ3v) is 5.32. The molecule has 0 spiro atoms. The molecule has 4 rings (SSSR count). The van der Waals surface area contributed by atoms with Crippen molar-refractivity contribution >= 4 is 17.5 Å². The van der Waals surface area contributed by atoms with E-state index in [0.717, 1.165) is 17.1 Å². The van der Waals surface area contributed by atoms with Crippen LogP contribution in [0.4, 0.5) is 0 Å². The van der Waals surface area contributed by atoms with Gasteiger partial charge in [0.05, 0.1) is 7.11 Å². The second-order valence-corrected chi connectivity index (χ2v) is 7.18. The molecular formula is C24H20N2O2S. The molecule has 0 N–H and O–H groups in total. The number of para-hydroxylation sites is 1. The van der Waals surface area contributed by atoms with E-state index < -0.39 is 0 Å². The van der Waals surface area contributed by atoms with Crippen molar-refractivity contribution in [3.05, 3.63) is 96.2 Å². The van der Waals surface area contributed by atoms with Crippen molar-refractivity contribution in [1.82, 2.24) is 9.55 Å². The topological polar surface area (TPSA) is 44.1 Å². The Bertz CT molecular complexity index is 1120. The van der Waals surface area contributed by atoms with Crippen LogP contribution in [0.5, 0.6) is 5.75 Å². The van der Waals surface area contributed by atoms with Gasteiger partial charge in [-0.2, -0.15) is 0 Å². The number of imidazole rings is 1. The van der Waals surface area contributed by atoms with Crippen molar-refractivity contribution in [3.63, 3.8) is 0 Å². The first-order chi connectivity index (χ1) is 14.2. The molecule has 0 aliphatic carbocycles. The van der Waals surface area contributed by atoms with E-state index in [4.69, 9.17) is 9.72 Å². The average Bonchev–Trinajstić information content (AvgIpc) is 3.19. The number of ketones is 1. The van der Waals surface area contributed by atoms with E-state index in [1.165, 1.54) is 11.8 Å². The summed E-state index contributed by atoms with van der Waals surface area (Å²) in [7, 11) is 1.61. The van der Waals surface area contributed by atoms with Crippen LogP contribution in [0.15, 0.2) is 90.0 Å². The summed E-state index contributed by atoms with van der Waals surface area (Å²) in [6.45, 7) is 0. The molecular weight excluding hydrogens is 380 g/mol. The summed E-state index contributed by atoms with van der Waals surface area (Å²) in [6, 6.07) is 27.0. The van der Waals surface area contributed by atoms with E-state index in [0.29, 0.717) is 22.0 Å². The van der Waals surface area contributed by atoms with E-state index in [9.17, 15) is 4.79 Å². The highest BCUT2D eigenvalue weighted by molar-refractivity contribution is 7.98. The summed E-state index contributed by atoms with van der Waals surface area (Å²) in [5.41, 5.74) is 3.02. The number of methoxy groups -OCH3 is 1. The fourth-order valence-corrected chi connectivity index (χ4v) is 3.79. The molecule has 144 valence electrons. The lowest BCUT2D eigenvalue weighted by atomic mass is 10.1. The third-order valence-electron chi connectivity index (χ3n) is 4.65. The van der Waals surface area contributed by atoms with Crippen LogP contribution >= 0.6 is 11.8 Å². The maximum atomic E-state index is 13.5. The Morgan fingerprint density at radius 3 is 2.10 bits per heavy atom. The number of carbonyl (C=O) groups excluding carboxylic acids is 1. The van der Waals surface area contributed by atoms with Gasteiger partial charge in [-0.3, -0.25) is 9.36 Å². The van der Waals surface area contributed by atoms with Gasteiger partial charge in [-0.25, -0.2) is 4.98 Å². The molecule has 1 aromatic heterocycles. The van der Waals surface area contributed by atoms with Crippen LogP contribution in [0.25, 0.3) is 17.1 Å². The molecule has 3 aromatic carbocycles. The van der Waals surface area contributed by atoms with Gasteiger partial charge in [0.1, 0.15) is 22.3 Å². The number of carbonyl (C=O) groups is 1. The van der Waals surface area contributed by atoms with E-state index >= 15 is 0 Å². The number of thioether (sulfide) groups is 1. The van der Waals surface area contributed by atoms with Crippen molar-refractivity contribution < 1.29 is 9.53 Å². The molecule has 0 atom stereocenters. The largest absolute Gasteiger partial charge is 0.497 e. The van der Waals surface area contributed by atoms with Crippen LogP contribution in [-0.4, -0.2) is 28.7 Å². The normalized spacial score (nSPS) is 10.7. The number of ether oxygens (including phenoxy) is 1. The minimum Gasteiger partial charge on any atom is -0.497 e. The van der Waals surface area contributed by atoms with Crippen molar-refractivity contribution in [2.45, 2.75) is 5.03 Å².